The summed E-state index contributed by atoms with van der Waals surface area (Å²) in [5.74, 6) is -1.31. The van der Waals surface area contributed by atoms with Crippen LogP contribution in [0.1, 0.15) is 29.8 Å². The monoisotopic (exact) mass is 406 g/mol. The molecule has 2 aromatic rings. The van der Waals surface area contributed by atoms with Gasteiger partial charge in [-0.3, -0.25) is 9.59 Å². The molecule has 142 valence electrons. The largest absolute Gasteiger partial charge is 0.322 e. The van der Waals surface area contributed by atoms with Crippen molar-refractivity contribution in [1.82, 2.24) is 0 Å². The maximum atomic E-state index is 12.6. The first kappa shape index (κ1) is 19.4. The maximum absolute atomic E-state index is 12.6. The highest BCUT2D eigenvalue weighted by Gasteiger charge is 2.50. The van der Waals surface area contributed by atoms with Crippen LogP contribution < -0.4 is 9.62 Å². The van der Waals surface area contributed by atoms with Crippen molar-refractivity contribution in [2.24, 2.45) is 5.41 Å². The minimum atomic E-state index is -3.81. The van der Waals surface area contributed by atoms with Crippen molar-refractivity contribution in [2.75, 3.05) is 15.4 Å². The summed E-state index contributed by atoms with van der Waals surface area (Å²) >= 11 is 6.15. The van der Waals surface area contributed by atoms with Gasteiger partial charge in [0.05, 0.1) is 27.4 Å². The number of nitrogens with zero attached hydrogens (tertiary/aromatic N) is 1. The van der Waals surface area contributed by atoms with Gasteiger partial charge >= 0.3 is 0 Å². The van der Waals surface area contributed by atoms with E-state index in [0.717, 1.165) is 9.87 Å². The van der Waals surface area contributed by atoms with Gasteiger partial charge in [0.15, 0.2) is 0 Å². The number of rotatable bonds is 3. The molecule has 0 radical (unpaired) electrons. The third-order valence-electron chi connectivity index (χ3n) is 4.29. The Labute approximate surface area is 163 Å². The first-order valence-corrected chi connectivity index (χ1v) is 10.2. The van der Waals surface area contributed by atoms with Gasteiger partial charge in [-0.15, -0.1) is 0 Å². The molecule has 0 unspecified atom stereocenters. The van der Waals surface area contributed by atoms with Crippen molar-refractivity contribution in [2.45, 2.75) is 20.8 Å². The molecule has 1 N–H and O–H groups in total. The molecular weight excluding hydrogens is 388 g/mol. The second-order valence-electron chi connectivity index (χ2n) is 7.20. The topological polar surface area (TPSA) is 83.6 Å². The number of carbonyl (C=O) groups excluding carboxylic acids is 2. The molecule has 6 nitrogen and oxygen atoms in total. The summed E-state index contributed by atoms with van der Waals surface area (Å²) in [6, 6.07) is 11.4. The van der Waals surface area contributed by atoms with E-state index >= 15 is 0 Å². The fourth-order valence-corrected chi connectivity index (χ4v) is 5.30. The number of sulfonamides is 1. The highest BCUT2D eigenvalue weighted by Crippen LogP contribution is 2.37. The minimum Gasteiger partial charge on any atom is -0.322 e. The molecule has 0 aliphatic carbocycles. The number of halogens is 1. The summed E-state index contributed by atoms with van der Waals surface area (Å²) in [7, 11) is -3.81. The Hall–Kier alpha value is -2.38. The first-order chi connectivity index (χ1) is 12.5. The number of aryl methyl sites for hydroxylation is 1. The zero-order chi connectivity index (χ0) is 20.0. The third-order valence-corrected chi connectivity index (χ3v) is 6.64. The second-order valence-corrected chi connectivity index (χ2v) is 9.42. The lowest BCUT2D eigenvalue weighted by atomic mass is 9.95. The third kappa shape index (κ3) is 3.70. The predicted molar refractivity (Wildman–Crippen MR) is 106 cm³/mol. The Balaban J connectivity index is 1.98. The van der Waals surface area contributed by atoms with Crippen molar-refractivity contribution in [1.29, 1.82) is 0 Å². The van der Waals surface area contributed by atoms with E-state index < -0.39 is 27.3 Å². The number of nitrogens with one attached hydrogen (secondary N) is 1. The molecule has 1 heterocycles. The van der Waals surface area contributed by atoms with Crippen LogP contribution in [0.25, 0.3) is 0 Å². The summed E-state index contributed by atoms with van der Waals surface area (Å²) in [4.78, 5) is 25.2. The molecular formula is C19H19ClN2O4S. The zero-order valence-corrected chi connectivity index (χ0v) is 16.7. The first-order valence-electron chi connectivity index (χ1n) is 8.26. The van der Waals surface area contributed by atoms with Gasteiger partial charge in [0, 0.05) is 5.69 Å². The van der Waals surface area contributed by atoms with Crippen molar-refractivity contribution in [3.05, 3.63) is 58.6 Å². The SMILES string of the molecule is Cc1cccc(NC(=O)c2cc(N3C(=O)C(C)(C)CS3(=O)=O)ccc2Cl)c1. The Kier molecular flexibility index (Phi) is 4.78. The molecule has 8 heteroatoms. The molecule has 0 bridgehead atoms. The number of hydrogen-bond donors (Lipinski definition) is 1. The Morgan fingerprint density at radius 1 is 1.19 bits per heavy atom. The van der Waals surface area contributed by atoms with E-state index in [-0.39, 0.29) is 22.0 Å². The lowest BCUT2D eigenvalue weighted by Gasteiger charge is -2.18. The molecule has 0 saturated carbocycles. The van der Waals surface area contributed by atoms with Crippen LogP contribution in [0.2, 0.25) is 5.02 Å². The molecule has 0 atom stereocenters. The van der Waals surface area contributed by atoms with Crippen molar-refractivity contribution in [3.8, 4) is 0 Å². The smallest absolute Gasteiger partial charge is 0.257 e. The predicted octanol–water partition coefficient (Wildman–Crippen LogP) is 3.60. The van der Waals surface area contributed by atoms with Crippen molar-refractivity contribution >= 4 is 44.8 Å². The van der Waals surface area contributed by atoms with Crippen LogP contribution in [0, 0.1) is 12.3 Å². The average molecular weight is 407 g/mol. The molecule has 1 saturated heterocycles. The number of carbonyl (C=O) groups is 2. The molecule has 1 aliphatic rings. The number of benzene rings is 2. The van der Waals surface area contributed by atoms with E-state index in [4.69, 9.17) is 11.6 Å². The quantitative estimate of drug-likeness (QED) is 0.844. The van der Waals surface area contributed by atoms with Crippen LogP contribution in [0.15, 0.2) is 42.5 Å². The molecule has 0 aromatic heterocycles. The summed E-state index contributed by atoms with van der Waals surface area (Å²) in [6.45, 7) is 5.05. The van der Waals surface area contributed by atoms with Crippen LogP contribution >= 0.6 is 11.6 Å². The minimum absolute atomic E-state index is 0.0865. The van der Waals surface area contributed by atoms with E-state index in [1.165, 1.54) is 18.2 Å². The normalized spacial score (nSPS) is 17.8. The van der Waals surface area contributed by atoms with Crippen LogP contribution in [0.5, 0.6) is 0 Å². The lowest BCUT2D eigenvalue weighted by Crippen LogP contribution is -2.33. The summed E-state index contributed by atoms with van der Waals surface area (Å²) in [5.41, 5.74) is 0.728. The highest BCUT2D eigenvalue weighted by molar-refractivity contribution is 7.94. The van der Waals surface area contributed by atoms with E-state index in [2.05, 4.69) is 5.32 Å². The van der Waals surface area contributed by atoms with Crippen LogP contribution in [-0.2, 0) is 14.8 Å². The van der Waals surface area contributed by atoms with Gasteiger partial charge in [0.1, 0.15) is 0 Å². The average Bonchev–Trinajstić information content (AvgIpc) is 2.71. The van der Waals surface area contributed by atoms with E-state index in [1.807, 2.05) is 13.0 Å². The van der Waals surface area contributed by atoms with Gasteiger partial charge in [-0.2, -0.15) is 0 Å². The van der Waals surface area contributed by atoms with E-state index in [0.29, 0.717) is 5.69 Å². The van der Waals surface area contributed by atoms with Crippen LogP contribution in [0.4, 0.5) is 11.4 Å². The van der Waals surface area contributed by atoms with Gasteiger partial charge < -0.3 is 5.32 Å². The van der Waals surface area contributed by atoms with Gasteiger partial charge in [-0.25, -0.2) is 12.7 Å². The van der Waals surface area contributed by atoms with Crippen molar-refractivity contribution < 1.29 is 18.0 Å². The van der Waals surface area contributed by atoms with Gasteiger partial charge in [-0.1, -0.05) is 23.7 Å². The maximum Gasteiger partial charge on any atom is 0.257 e. The highest BCUT2D eigenvalue weighted by atomic mass is 35.5. The van der Waals surface area contributed by atoms with Crippen molar-refractivity contribution in [3.63, 3.8) is 0 Å². The number of amides is 2. The molecule has 27 heavy (non-hydrogen) atoms. The standard InChI is InChI=1S/C19H19ClN2O4S/c1-12-5-4-6-13(9-12)21-17(23)15-10-14(7-8-16(15)20)22-18(24)19(2,3)11-27(22,25)26/h4-10H,11H2,1-3H3,(H,21,23). The van der Waals surface area contributed by atoms with Gasteiger partial charge in [-0.05, 0) is 56.7 Å². The second kappa shape index (κ2) is 6.65. The molecule has 2 amide bonds. The molecule has 1 fully saturated rings. The molecule has 1 aliphatic heterocycles. The zero-order valence-electron chi connectivity index (χ0n) is 15.1. The fraction of sp³-hybridized carbons (Fsp3) is 0.263. The van der Waals surface area contributed by atoms with E-state index in [1.54, 1.807) is 32.0 Å². The summed E-state index contributed by atoms with van der Waals surface area (Å²) in [6.07, 6.45) is 0. The molecule has 0 spiro atoms. The van der Waals surface area contributed by atoms with E-state index in [9.17, 15) is 18.0 Å². The fourth-order valence-electron chi connectivity index (χ4n) is 3.00. The molecule has 3 rings (SSSR count). The van der Waals surface area contributed by atoms with Gasteiger partial charge in [0.25, 0.3) is 5.91 Å². The van der Waals surface area contributed by atoms with Crippen LogP contribution in [-0.4, -0.2) is 26.0 Å². The molecule has 2 aromatic carbocycles. The Morgan fingerprint density at radius 2 is 1.89 bits per heavy atom. The van der Waals surface area contributed by atoms with Crippen LogP contribution in [0.3, 0.4) is 0 Å². The lowest BCUT2D eigenvalue weighted by molar-refractivity contribution is -0.123. The Bertz CT molecular complexity index is 1050. The number of anilines is 2. The summed E-state index contributed by atoms with van der Waals surface area (Å²) < 4.78 is 25.7. The van der Waals surface area contributed by atoms with Gasteiger partial charge in [0.2, 0.25) is 15.9 Å². The summed E-state index contributed by atoms with van der Waals surface area (Å²) in [5, 5.41) is 2.89. The Morgan fingerprint density at radius 3 is 2.48 bits per heavy atom. The number of hydrogen-bond acceptors (Lipinski definition) is 4.